The van der Waals surface area contributed by atoms with Crippen molar-refractivity contribution < 1.29 is 9.53 Å². The number of fused-ring (bicyclic) bond motifs is 1. The Hall–Kier alpha value is -4.79. The van der Waals surface area contributed by atoms with Crippen molar-refractivity contribution >= 4 is 40.1 Å². The number of hydrogen-bond donors (Lipinski definition) is 4. The number of halogens is 2. The molecule has 216 valence electrons. The highest BCUT2D eigenvalue weighted by Gasteiger charge is 2.22. The van der Waals surface area contributed by atoms with Crippen LogP contribution in [0.25, 0.3) is 22.2 Å². The molecule has 0 aliphatic rings. The first kappa shape index (κ1) is 28.3. The van der Waals surface area contributed by atoms with Crippen LogP contribution in [-0.4, -0.2) is 26.2 Å². The predicted molar refractivity (Wildman–Crippen MR) is 170 cm³/mol. The van der Waals surface area contributed by atoms with Gasteiger partial charge in [0, 0.05) is 28.1 Å². The maximum Gasteiger partial charge on any atom is 0.315 e. The molecule has 10 heteroatoms. The molecule has 4 aromatic carbocycles. The number of aromatic amines is 2. The molecule has 0 unspecified atom stereocenters. The fourth-order valence-corrected chi connectivity index (χ4v) is 5.32. The van der Waals surface area contributed by atoms with Crippen molar-refractivity contribution in [2.24, 2.45) is 0 Å². The van der Waals surface area contributed by atoms with E-state index in [1.807, 2.05) is 85.8 Å². The minimum absolute atomic E-state index is 0.195. The third-order valence-electron chi connectivity index (χ3n) is 7.06. The van der Waals surface area contributed by atoms with E-state index in [-0.39, 0.29) is 12.6 Å². The molecule has 6 aromatic rings. The molecule has 2 amide bonds. The number of hydrogen-bond acceptors (Lipinski definition) is 4. The lowest BCUT2D eigenvalue weighted by Crippen LogP contribution is -2.38. The van der Waals surface area contributed by atoms with Gasteiger partial charge in [0.2, 0.25) is 0 Å². The molecule has 2 heterocycles. The zero-order chi connectivity index (χ0) is 29.8. The molecule has 0 saturated carbocycles. The first-order valence-corrected chi connectivity index (χ1v) is 14.5. The Kier molecular flexibility index (Phi) is 8.31. The lowest BCUT2D eigenvalue weighted by molar-refractivity contribution is 0.236. The van der Waals surface area contributed by atoms with E-state index < -0.39 is 6.04 Å². The molecule has 0 fully saturated rings. The highest BCUT2D eigenvalue weighted by atomic mass is 35.5. The second-order valence-corrected chi connectivity index (χ2v) is 10.9. The molecule has 0 spiro atoms. The van der Waals surface area contributed by atoms with Crippen LogP contribution in [0.1, 0.15) is 28.7 Å². The highest BCUT2D eigenvalue weighted by molar-refractivity contribution is 6.32. The van der Waals surface area contributed by atoms with Gasteiger partial charge in [-0.05, 0) is 55.3 Å². The van der Waals surface area contributed by atoms with Crippen molar-refractivity contribution in [3.63, 3.8) is 0 Å². The highest BCUT2D eigenvalue weighted by Crippen LogP contribution is 2.31. The number of H-pyrrole nitrogens is 2. The Bertz CT molecular complexity index is 1870. The van der Waals surface area contributed by atoms with Gasteiger partial charge in [0.15, 0.2) is 0 Å². The summed E-state index contributed by atoms with van der Waals surface area (Å²) in [7, 11) is 0. The van der Waals surface area contributed by atoms with Crippen LogP contribution in [0, 0.1) is 6.92 Å². The van der Waals surface area contributed by atoms with Gasteiger partial charge >= 0.3 is 6.03 Å². The topological polar surface area (TPSA) is 108 Å². The Morgan fingerprint density at radius 3 is 2.51 bits per heavy atom. The molecule has 6 rings (SSSR count). The van der Waals surface area contributed by atoms with E-state index in [1.54, 1.807) is 18.2 Å². The quantitative estimate of drug-likeness (QED) is 0.132. The van der Waals surface area contributed by atoms with Gasteiger partial charge in [0.25, 0.3) is 0 Å². The van der Waals surface area contributed by atoms with Crippen molar-refractivity contribution in [2.45, 2.75) is 25.9 Å². The van der Waals surface area contributed by atoms with Gasteiger partial charge in [0.05, 0.1) is 17.3 Å². The van der Waals surface area contributed by atoms with Crippen LogP contribution in [0.2, 0.25) is 10.2 Å². The van der Waals surface area contributed by atoms with Crippen LogP contribution < -0.4 is 15.4 Å². The summed E-state index contributed by atoms with van der Waals surface area (Å²) < 4.78 is 6.05. The largest absolute Gasteiger partial charge is 0.457 e. The molecule has 0 saturated heterocycles. The minimum Gasteiger partial charge on any atom is -0.457 e. The molecule has 0 radical (unpaired) electrons. The van der Waals surface area contributed by atoms with Crippen LogP contribution in [0.15, 0.2) is 97.1 Å². The van der Waals surface area contributed by atoms with Crippen molar-refractivity contribution in [1.29, 1.82) is 0 Å². The monoisotopic (exact) mass is 610 g/mol. The fourth-order valence-electron chi connectivity index (χ4n) is 4.88. The van der Waals surface area contributed by atoms with E-state index in [2.05, 4.69) is 25.8 Å². The maximum absolute atomic E-state index is 13.3. The molecular weight excluding hydrogens is 583 g/mol. The van der Waals surface area contributed by atoms with Crippen molar-refractivity contribution in [1.82, 2.24) is 30.8 Å². The van der Waals surface area contributed by atoms with Crippen LogP contribution >= 0.6 is 23.2 Å². The van der Waals surface area contributed by atoms with Gasteiger partial charge in [-0.15, -0.1) is 0 Å². The van der Waals surface area contributed by atoms with Gasteiger partial charge in [0.1, 0.15) is 28.2 Å². The number of para-hydroxylation sites is 1. The van der Waals surface area contributed by atoms with Gasteiger partial charge in [-0.3, -0.25) is 5.10 Å². The summed E-state index contributed by atoms with van der Waals surface area (Å²) in [6.07, 6.45) is 0.496. The van der Waals surface area contributed by atoms with E-state index in [1.165, 1.54) is 0 Å². The Labute approximate surface area is 258 Å². The Morgan fingerprint density at radius 1 is 0.953 bits per heavy atom. The average Bonchev–Trinajstić information content (AvgIpc) is 3.59. The first-order chi connectivity index (χ1) is 20.9. The number of amides is 2. The number of rotatable bonds is 9. The normalized spacial score (nSPS) is 11.8. The fraction of sp³-hybridized carbons (Fsp3) is 0.121. The number of carbonyl (C=O) groups excluding carboxylic acids is 1. The third-order valence-corrected chi connectivity index (χ3v) is 7.56. The molecule has 2 aromatic heterocycles. The van der Waals surface area contributed by atoms with E-state index >= 15 is 0 Å². The zero-order valence-corrected chi connectivity index (χ0v) is 24.7. The second kappa shape index (κ2) is 12.6. The van der Waals surface area contributed by atoms with Crippen molar-refractivity contribution in [2.75, 3.05) is 0 Å². The van der Waals surface area contributed by atoms with Gasteiger partial charge < -0.3 is 20.4 Å². The van der Waals surface area contributed by atoms with Gasteiger partial charge in [-0.25, -0.2) is 9.78 Å². The molecule has 0 aliphatic carbocycles. The van der Waals surface area contributed by atoms with E-state index in [9.17, 15) is 4.79 Å². The number of carbonyl (C=O) groups is 1. The first-order valence-electron chi connectivity index (χ1n) is 13.7. The average molecular weight is 612 g/mol. The van der Waals surface area contributed by atoms with Crippen LogP contribution in [0.4, 0.5) is 4.79 Å². The number of nitrogens with zero attached hydrogens (tertiary/aromatic N) is 2. The molecule has 1 atom stereocenters. The molecule has 0 bridgehead atoms. The molecule has 8 nitrogen and oxygen atoms in total. The van der Waals surface area contributed by atoms with Gasteiger partial charge in [-0.1, -0.05) is 83.9 Å². The number of benzene rings is 4. The standard InChI is InChI=1S/C33H28Cl2N6O2/c1-20-26-14-12-22(18-27(26)41-40-20)30-31(35)39-32(38-30)28(16-21-8-4-2-5-9-21)37-33(42)36-19-23-17-24(34)13-15-29(23)43-25-10-6-3-7-11-25/h2-15,17-18,28H,16,19H2,1H3,(H,38,39)(H,40,41)(H2,36,37,42)/t28-/m0/s1. The lowest BCUT2D eigenvalue weighted by atomic mass is 10.1. The maximum atomic E-state index is 13.3. The van der Waals surface area contributed by atoms with E-state index in [0.717, 1.165) is 33.3 Å². The van der Waals surface area contributed by atoms with Crippen LogP contribution in [-0.2, 0) is 13.0 Å². The Balaban J connectivity index is 1.22. The number of aryl methyl sites for hydroxylation is 1. The third kappa shape index (κ3) is 6.66. The molecule has 43 heavy (non-hydrogen) atoms. The summed E-state index contributed by atoms with van der Waals surface area (Å²) in [4.78, 5) is 21.3. The SMILES string of the molecule is Cc1n[nH]c2cc(-c3nc([C@H](Cc4ccccc4)NC(=O)NCc4cc(Cl)ccc4Oc4ccccc4)[nH]c3Cl)ccc12. The zero-order valence-electron chi connectivity index (χ0n) is 23.2. The molecule has 4 N–H and O–H groups in total. The smallest absolute Gasteiger partial charge is 0.315 e. The summed E-state index contributed by atoms with van der Waals surface area (Å²) in [6, 6.07) is 29.7. The summed E-state index contributed by atoms with van der Waals surface area (Å²) in [5, 5.41) is 15.3. The number of aromatic nitrogens is 4. The number of imidazole rings is 1. The van der Waals surface area contributed by atoms with Gasteiger partial charge in [-0.2, -0.15) is 5.10 Å². The number of urea groups is 1. The second-order valence-electron chi connectivity index (χ2n) is 10.1. The van der Waals surface area contributed by atoms with Crippen molar-refractivity contribution in [3.8, 4) is 22.8 Å². The summed E-state index contributed by atoms with van der Waals surface area (Å²) in [6.45, 7) is 2.15. The van der Waals surface area contributed by atoms with Crippen LogP contribution in [0.5, 0.6) is 11.5 Å². The lowest BCUT2D eigenvalue weighted by Gasteiger charge is -2.18. The molecular formula is C33H28Cl2N6O2. The summed E-state index contributed by atoms with van der Waals surface area (Å²) in [5.74, 6) is 1.82. The predicted octanol–water partition coefficient (Wildman–Crippen LogP) is 8.14. The van der Waals surface area contributed by atoms with E-state index in [4.69, 9.17) is 32.9 Å². The van der Waals surface area contributed by atoms with Crippen LogP contribution in [0.3, 0.4) is 0 Å². The minimum atomic E-state index is -0.494. The number of ether oxygens (including phenoxy) is 1. The summed E-state index contributed by atoms with van der Waals surface area (Å²) in [5.41, 5.74) is 5.00. The number of nitrogens with one attached hydrogen (secondary N) is 4. The molecule has 0 aliphatic heterocycles. The summed E-state index contributed by atoms with van der Waals surface area (Å²) >= 11 is 12.9. The van der Waals surface area contributed by atoms with E-state index in [0.29, 0.717) is 39.6 Å². The Morgan fingerprint density at radius 2 is 1.72 bits per heavy atom. The van der Waals surface area contributed by atoms with Crippen molar-refractivity contribution in [3.05, 3.63) is 130 Å².